The summed E-state index contributed by atoms with van der Waals surface area (Å²) in [7, 11) is 0. The quantitative estimate of drug-likeness (QED) is 0.673. The molecular formula is C12H21NO3. The predicted molar refractivity (Wildman–Crippen MR) is 62.2 cm³/mol. The fraction of sp³-hybridized carbons (Fsp3) is 0.750. The zero-order valence-corrected chi connectivity index (χ0v) is 10.2. The maximum Gasteiger partial charge on any atom is 0.408 e. The van der Waals surface area contributed by atoms with Crippen molar-refractivity contribution in [2.75, 3.05) is 0 Å². The topological polar surface area (TPSA) is 58.6 Å². The van der Waals surface area contributed by atoms with Gasteiger partial charge in [0.25, 0.3) is 0 Å². The fourth-order valence-electron chi connectivity index (χ4n) is 1.58. The molecule has 0 heterocycles. The van der Waals surface area contributed by atoms with Crippen molar-refractivity contribution in [1.29, 1.82) is 0 Å². The van der Waals surface area contributed by atoms with Crippen LogP contribution in [0.4, 0.5) is 4.79 Å². The van der Waals surface area contributed by atoms with Gasteiger partial charge >= 0.3 is 6.09 Å². The van der Waals surface area contributed by atoms with Gasteiger partial charge in [-0.2, -0.15) is 0 Å². The lowest BCUT2D eigenvalue weighted by Crippen LogP contribution is -2.38. The van der Waals surface area contributed by atoms with Crippen molar-refractivity contribution >= 4 is 6.09 Å². The van der Waals surface area contributed by atoms with Gasteiger partial charge in [-0.05, 0) is 40.0 Å². The van der Waals surface area contributed by atoms with E-state index in [0.717, 1.165) is 19.3 Å². The molecule has 4 nitrogen and oxygen atoms in total. The van der Waals surface area contributed by atoms with Gasteiger partial charge in [-0.1, -0.05) is 12.2 Å². The van der Waals surface area contributed by atoms with Crippen LogP contribution in [0.5, 0.6) is 0 Å². The Balaban J connectivity index is 2.42. The molecule has 2 atom stereocenters. The first-order chi connectivity index (χ1) is 7.37. The minimum Gasteiger partial charge on any atom is -0.444 e. The molecule has 0 saturated carbocycles. The van der Waals surface area contributed by atoms with Crippen LogP contribution in [0.3, 0.4) is 0 Å². The number of hydrogen-bond donors (Lipinski definition) is 2. The minimum absolute atomic E-state index is 0.0352. The van der Waals surface area contributed by atoms with E-state index in [1.165, 1.54) is 0 Å². The zero-order chi connectivity index (χ0) is 12.2. The summed E-state index contributed by atoms with van der Waals surface area (Å²) < 4.78 is 5.16. The van der Waals surface area contributed by atoms with E-state index in [1.807, 2.05) is 26.8 Å². The number of alkyl carbamates (subject to hydrolysis) is 1. The number of ether oxygens (including phenoxy) is 1. The molecule has 0 bridgehead atoms. The van der Waals surface area contributed by atoms with E-state index >= 15 is 0 Å². The Labute approximate surface area is 96.7 Å². The van der Waals surface area contributed by atoms with E-state index in [4.69, 9.17) is 4.74 Å². The average Bonchev–Trinajstić information content (AvgIpc) is 2.27. The van der Waals surface area contributed by atoms with E-state index in [0.29, 0.717) is 0 Å². The zero-order valence-electron chi connectivity index (χ0n) is 10.2. The van der Waals surface area contributed by atoms with Gasteiger partial charge in [-0.3, -0.25) is 0 Å². The monoisotopic (exact) mass is 227 g/mol. The summed E-state index contributed by atoms with van der Waals surface area (Å²) in [6, 6.07) is -0.0352. The van der Waals surface area contributed by atoms with Crippen LogP contribution in [-0.2, 0) is 4.74 Å². The number of aliphatic hydroxyl groups is 1. The summed E-state index contributed by atoms with van der Waals surface area (Å²) in [5.41, 5.74) is -0.474. The molecule has 16 heavy (non-hydrogen) atoms. The molecule has 4 heteroatoms. The molecule has 1 rings (SSSR count). The first kappa shape index (κ1) is 13.0. The number of carbonyl (C=O) groups is 1. The van der Waals surface area contributed by atoms with Crippen molar-refractivity contribution in [3.8, 4) is 0 Å². The van der Waals surface area contributed by atoms with Crippen LogP contribution in [0.2, 0.25) is 0 Å². The molecule has 1 amide bonds. The van der Waals surface area contributed by atoms with Crippen molar-refractivity contribution in [3.05, 3.63) is 12.2 Å². The Bertz CT molecular complexity index is 268. The van der Waals surface area contributed by atoms with Gasteiger partial charge in [0.1, 0.15) is 5.60 Å². The van der Waals surface area contributed by atoms with E-state index in [2.05, 4.69) is 5.32 Å². The largest absolute Gasteiger partial charge is 0.444 e. The molecular weight excluding hydrogens is 206 g/mol. The van der Waals surface area contributed by atoms with Crippen LogP contribution in [0.15, 0.2) is 12.2 Å². The Morgan fingerprint density at radius 3 is 2.69 bits per heavy atom. The highest BCUT2D eigenvalue weighted by atomic mass is 16.6. The third-order valence-corrected chi connectivity index (χ3v) is 2.28. The predicted octanol–water partition coefficient (Wildman–Crippen LogP) is 1.98. The summed E-state index contributed by atoms with van der Waals surface area (Å²) in [4.78, 5) is 11.5. The van der Waals surface area contributed by atoms with Gasteiger partial charge in [0.15, 0.2) is 0 Å². The molecule has 0 spiro atoms. The van der Waals surface area contributed by atoms with E-state index < -0.39 is 11.7 Å². The highest BCUT2D eigenvalue weighted by molar-refractivity contribution is 5.68. The first-order valence-corrected chi connectivity index (χ1v) is 5.73. The lowest BCUT2D eigenvalue weighted by molar-refractivity contribution is 0.0512. The first-order valence-electron chi connectivity index (χ1n) is 5.73. The van der Waals surface area contributed by atoms with Gasteiger partial charge < -0.3 is 15.2 Å². The average molecular weight is 227 g/mol. The normalized spacial score (nSPS) is 26.0. The number of carbonyl (C=O) groups excluding carboxylic acids is 1. The molecule has 0 fully saturated rings. The molecule has 0 aromatic rings. The van der Waals surface area contributed by atoms with E-state index in [9.17, 15) is 9.90 Å². The van der Waals surface area contributed by atoms with Crippen LogP contribution in [0.1, 0.15) is 40.0 Å². The van der Waals surface area contributed by atoms with Crippen molar-refractivity contribution in [2.45, 2.75) is 57.8 Å². The molecule has 0 radical (unpaired) electrons. The summed E-state index contributed by atoms with van der Waals surface area (Å²) in [5.74, 6) is 0. The van der Waals surface area contributed by atoms with Crippen molar-refractivity contribution < 1.29 is 14.6 Å². The van der Waals surface area contributed by atoms with Gasteiger partial charge in [0.05, 0.1) is 12.1 Å². The standard InChI is InChI=1S/C12H21NO3/c1-12(2,3)16-11(15)13-9-5-4-6-10(14)8-7-9/h7-10,14H,4-6H2,1-3H3,(H,13,15). The van der Waals surface area contributed by atoms with E-state index in [-0.39, 0.29) is 12.1 Å². The number of amides is 1. The highest BCUT2D eigenvalue weighted by Crippen LogP contribution is 2.13. The summed E-state index contributed by atoms with van der Waals surface area (Å²) in [5, 5.41) is 12.2. The molecule has 0 aromatic heterocycles. The molecule has 92 valence electrons. The molecule has 1 aliphatic rings. The summed E-state index contributed by atoms with van der Waals surface area (Å²) >= 11 is 0. The number of hydrogen-bond acceptors (Lipinski definition) is 3. The third kappa shape index (κ3) is 5.16. The summed E-state index contributed by atoms with van der Waals surface area (Å²) in [6.07, 6.45) is 5.27. The van der Waals surface area contributed by atoms with Gasteiger partial charge in [-0.25, -0.2) is 4.79 Å². The maximum absolute atomic E-state index is 11.5. The van der Waals surface area contributed by atoms with Crippen LogP contribution >= 0.6 is 0 Å². The molecule has 0 aliphatic heterocycles. The van der Waals surface area contributed by atoms with Crippen molar-refractivity contribution in [3.63, 3.8) is 0 Å². The highest BCUT2D eigenvalue weighted by Gasteiger charge is 2.19. The van der Waals surface area contributed by atoms with Crippen LogP contribution in [0.25, 0.3) is 0 Å². The van der Waals surface area contributed by atoms with E-state index in [1.54, 1.807) is 6.08 Å². The molecule has 1 aliphatic carbocycles. The van der Waals surface area contributed by atoms with Crippen LogP contribution in [0, 0.1) is 0 Å². The van der Waals surface area contributed by atoms with Crippen LogP contribution in [-0.4, -0.2) is 28.9 Å². The Morgan fingerprint density at radius 1 is 1.38 bits per heavy atom. The number of nitrogens with one attached hydrogen (secondary N) is 1. The number of aliphatic hydroxyl groups excluding tert-OH is 1. The second-order valence-electron chi connectivity index (χ2n) is 5.14. The Hall–Kier alpha value is -1.03. The fourth-order valence-corrected chi connectivity index (χ4v) is 1.58. The van der Waals surface area contributed by atoms with Gasteiger partial charge in [0.2, 0.25) is 0 Å². The molecule has 2 N–H and O–H groups in total. The summed E-state index contributed by atoms with van der Waals surface area (Å²) in [6.45, 7) is 5.50. The Morgan fingerprint density at radius 2 is 2.06 bits per heavy atom. The maximum atomic E-state index is 11.5. The lowest BCUT2D eigenvalue weighted by atomic mass is 10.1. The van der Waals surface area contributed by atoms with Gasteiger partial charge in [0, 0.05) is 0 Å². The van der Waals surface area contributed by atoms with Crippen molar-refractivity contribution in [2.24, 2.45) is 0 Å². The second kappa shape index (κ2) is 5.34. The van der Waals surface area contributed by atoms with Gasteiger partial charge in [-0.15, -0.1) is 0 Å². The lowest BCUT2D eigenvalue weighted by Gasteiger charge is -2.21. The molecule has 2 unspecified atom stereocenters. The smallest absolute Gasteiger partial charge is 0.408 e. The minimum atomic E-state index is -0.474. The molecule has 0 saturated heterocycles. The Kier molecular flexibility index (Phi) is 4.35. The number of rotatable bonds is 1. The van der Waals surface area contributed by atoms with Crippen molar-refractivity contribution in [1.82, 2.24) is 5.32 Å². The second-order valence-corrected chi connectivity index (χ2v) is 5.14. The van der Waals surface area contributed by atoms with Crippen LogP contribution < -0.4 is 5.32 Å². The SMILES string of the molecule is CC(C)(C)OC(=O)NC1C=CC(O)CCC1. The third-order valence-electron chi connectivity index (χ3n) is 2.28. The molecule has 0 aromatic carbocycles.